The van der Waals surface area contributed by atoms with E-state index in [4.69, 9.17) is 15.5 Å². The zero-order valence-corrected chi connectivity index (χ0v) is 16.2. The van der Waals surface area contributed by atoms with E-state index in [0.29, 0.717) is 0 Å². The van der Waals surface area contributed by atoms with Gasteiger partial charge in [-0.1, -0.05) is 35.3 Å². The lowest BCUT2D eigenvalue weighted by Crippen LogP contribution is -2.46. The van der Waals surface area contributed by atoms with E-state index in [0.717, 1.165) is 62.8 Å². The predicted molar refractivity (Wildman–Crippen MR) is 107 cm³/mol. The third-order valence-corrected chi connectivity index (χ3v) is 5.63. The van der Waals surface area contributed by atoms with Crippen molar-refractivity contribution in [3.05, 3.63) is 53.5 Å². The van der Waals surface area contributed by atoms with E-state index >= 15 is 0 Å². The number of morpholine rings is 1. The van der Waals surface area contributed by atoms with E-state index in [9.17, 15) is 0 Å². The zero-order valence-electron chi connectivity index (χ0n) is 16.2. The number of anilines is 1. The summed E-state index contributed by atoms with van der Waals surface area (Å²) in [6.07, 6.45) is 1.89. The van der Waals surface area contributed by atoms with Crippen molar-refractivity contribution in [3.8, 4) is 0 Å². The lowest BCUT2D eigenvalue weighted by atomic mass is 10.2. The van der Waals surface area contributed by atoms with Gasteiger partial charge in [0.25, 0.3) is 0 Å². The Morgan fingerprint density at radius 2 is 1.89 bits per heavy atom. The molecule has 0 bridgehead atoms. The van der Waals surface area contributed by atoms with E-state index < -0.39 is 0 Å². The van der Waals surface area contributed by atoms with Crippen molar-refractivity contribution in [2.45, 2.75) is 26.9 Å². The Hall–Kier alpha value is -2.44. The lowest BCUT2D eigenvalue weighted by molar-refractivity contribution is -0.684. The summed E-state index contributed by atoms with van der Waals surface area (Å²) in [5.41, 5.74) is 11.2. The Bertz CT molecular complexity index is 929. The van der Waals surface area contributed by atoms with Crippen molar-refractivity contribution >= 4 is 16.9 Å². The molecule has 6 nitrogen and oxygen atoms in total. The smallest absolute Gasteiger partial charge is 0.232 e. The summed E-state index contributed by atoms with van der Waals surface area (Å²) < 4.78 is 9.77. The second-order valence-corrected chi connectivity index (χ2v) is 7.26. The van der Waals surface area contributed by atoms with E-state index in [2.05, 4.69) is 52.1 Å². The molecule has 0 atom stereocenters. The molecule has 1 aliphatic heterocycles. The van der Waals surface area contributed by atoms with Crippen molar-refractivity contribution in [3.63, 3.8) is 0 Å². The van der Waals surface area contributed by atoms with Gasteiger partial charge in [0, 0.05) is 25.3 Å². The van der Waals surface area contributed by atoms with E-state index in [-0.39, 0.29) is 0 Å². The molecule has 0 spiro atoms. The van der Waals surface area contributed by atoms with Gasteiger partial charge in [0.1, 0.15) is 5.39 Å². The van der Waals surface area contributed by atoms with Crippen molar-refractivity contribution in [2.75, 3.05) is 38.6 Å². The van der Waals surface area contributed by atoms with Gasteiger partial charge in [-0.3, -0.25) is 4.90 Å². The molecule has 3 heterocycles. The first-order valence-electron chi connectivity index (χ1n) is 9.62. The number of hydrogen-bond donors (Lipinski definition) is 1. The van der Waals surface area contributed by atoms with Gasteiger partial charge in [0.15, 0.2) is 0 Å². The van der Waals surface area contributed by atoms with Gasteiger partial charge >= 0.3 is 0 Å². The van der Waals surface area contributed by atoms with E-state index in [1.807, 2.05) is 12.4 Å². The van der Waals surface area contributed by atoms with Gasteiger partial charge in [-0.25, -0.2) is 4.57 Å². The second kappa shape index (κ2) is 7.66. The molecule has 3 aromatic rings. The van der Waals surface area contributed by atoms with Crippen molar-refractivity contribution in [1.29, 1.82) is 0 Å². The average Bonchev–Trinajstić information content (AvgIpc) is 2.94. The normalized spacial score (nSPS) is 15.5. The fourth-order valence-corrected chi connectivity index (χ4v) is 3.83. The van der Waals surface area contributed by atoms with Gasteiger partial charge < -0.3 is 15.0 Å². The van der Waals surface area contributed by atoms with Crippen LogP contribution in [0, 0.1) is 13.8 Å². The van der Waals surface area contributed by atoms with Crippen LogP contribution >= 0.6 is 0 Å². The predicted octanol–water partition coefficient (Wildman–Crippen LogP) is 1.90. The van der Waals surface area contributed by atoms with Gasteiger partial charge in [-0.2, -0.15) is 0 Å². The van der Waals surface area contributed by atoms with Crippen molar-refractivity contribution in [2.24, 2.45) is 0 Å². The van der Waals surface area contributed by atoms with Crippen LogP contribution in [0.3, 0.4) is 0 Å². The maximum atomic E-state index is 6.58. The molecule has 142 valence electrons. The molecular weight excluding hydrogens is 338 g/mol. The molecule has 1 aliphatic rings. The van der Waals surface area contributed by atoms with Crippen LogP contribution in [0.15, 0.2) is 36.7 Å². The molecular formula is C21H28N5O+. The Morgan fingerprint density at radius 3 is 2.63 bits per heavy atom. The lowest BCUT2D eigenvalue weighted by Gasteiger charge is -2.26. The van der Waals surface area contributed by atoms with Crippen LogP contribution in [0.2, 0.25) is 0 Å². The maximum absolute atomic E-state index is 6.58. The Morgan fingerprint density at radius 1 is 1.15 bits per heavy atom. The van der Waals surface area contributed by atoms with Gasteiger partial charge in [0.05, 0.1) is 26.3 Å². The molecule has 2 aromatic heterocycles. The van der Waals surface area contributed by atoms with Gasteiger partial charge in [0.2, 0.25) is 17.8 Å². The molecule has 2 N–H and O–H groups in total. The molecule has 1 fully saturated rings. The third-order valence-electron chi connectivity index (χ3n) is 5.63. The van der Waals surface area contributed by atoms with Crippen LogP contribution in [0.5, 0.6) is 0 Å². The fourth-order valence-electron chi connectivity index (χ4n) is 3.83. The first-order valence-corrected chi connectivity index (χ1v) is 9.62. The fraction of sp³-hybridized carbons (Fsp3) is 0.429. The number of nitrogens with zero attached hydrogens (tertiary/aromatic N) is 4. The van der Waals surface area contributed by atoms with E-state index in [1.165, 1.54) is 16.8 Å². The molecule has 4 rings (SSSR count). The topological polar surface area (TPSA) is 60.2 Å². The van der Waals surface area contributed by atoms with Crippen LogP contribution in [-0.2, 0) is 17.8 Å². The summed E-state index contributed by atoms with van der Waals surface area (Å²) in [7, 11) is 0. The molecule has 1 saturated heterocycles. The summed E-state index contributed by atoms with van der Waals surface area (Å²) in [5.74, 6) is 0.806. The number of rotatable bonds is 5. The minimum Gasteiger partial charge on any atom is -0.379 e. The SMILES string of the molecule is Cc1c(C)n(Cc2ccccc2)c2nc[n+](CCN3CCOCC3)c(N)c12. The van der Waals surface area contributed by atoms with Crippen LogP contribution in [0.4, 0.5) is 5.82 Å². The number of benzene rings is 1. The van der Waals surface area contributed by atoms with Crippen LogP contribution in [-0.4, -0.2) is 47.3 Å². The van der Waals surface area contributed by atoms with Crippen molar-refractivity contribution < 1.29 is 9.30 Å². The van der Waals surface area contributed by atoms with Gasteiger partial charge in [-0.05, 0) is 25.0 Å². The highest BCUT2D eigenvalue weighted by atomic mass is 16.5. The van der Waals surface area contributed by atoms with Crippen molar-refractivity contribution in [1.82, 2.24) is 14.5 Å². The molecule has 0 unspecified atom stereocenters. The standard InChI is InChI=1S/C21H27N5O/c1-16-17(2)26(14-18-6-4-3-5-7-18)21-19(16)20(22)25(15-23-21)9-8-24-10-12-27-13-11-24/h3-7,15,22H,8-14H2,1-2H3/p+1. The quantitative estimate of drug-likeness (QED) is 0.701. The molecule has 0 amide bonds. The molecule has 0 aliphatic carbocycles. The van der Waals surface area contributed by atoms with E-state index in [1.54, 1.807) is 0 Å². The first kappa shape index (κ1) is 17.9. The molecule has 6 heteroatoms. The number of ether oxygens (including phenoxy) is 1. The second-order valence-electron chi connectivity index (χ2n) is 7.26. The monoisotopic (exact) mass is 366 g/mol. The van der Waals surface area contributed by atoms with Gasteiger partial charge in [-0.15, -0.1) is 0 Å². The van der Waals surface area contributed by atoms with Crippen LogP contribution in [0.1, 0.15) is 16.8 Å². The number of hydrogen-bond acceptors (Lipinski definition) is 4. The molecule has 0 radical (unpaired) electrons. The first-order chi connectivity index (χ1) is 13.1. The maximum Gasteiger partial charge on any atom is 0.232 e. The summed E-state index contributed by atoms with van der Waals surface area (Å²) >= 11 is 0. The minimum absolute atomic E-state index is 0.806. The zero-order chi connectivity index (χ0) is 18.8. The summed E-state index contributed by atoms with van der Waals surface area (Å²) in [5, 5.41) is 1.08. The molecule has 27 heavy (non-hydrogen) atoms. The Labute approximate surface area is 160 Å². The minimum atomic E-state index is 0.806. The number of nitrogens with two attached hydrogens (primary N) is 1. The number of aromatic nitrogens is 3. The molecule has 1 aromatic carbocycles. The summed E-state index contributed by atoms with van der Waals surface area (Å²) in [4.78, 5) is 7.20. The largest absolute Gasteiger partial charge is 0.379 e. The van der Waals surface area contributed by atoms with Crippen LogP contribution < -0.4 is 10.3 Å². The average molecular weight is 366 g/mol. The highest BCUT2D eigenvalue weighted by molar-refractivity contribution is 5.89. The summed E-state index contributed by atoms with van der Waals surface area (Å²) in [6.45, 7) is 10.5. The Balaban J connectivity index is 1.63. The number of fused-ring (bicyclic) bond motifs is 1. The number of aryl methyl sites for hydroxylation is 1. The third kappa shape index (κ3) is 3.55. The molecule has 0 saturated carbocycles. The highest BCUT2D eigenvalue weighted by Gasteiger charge is 2.22. The highest BCUT2D eigenvalue weighted by Crippen LogP contribution is 2.27. The van der Waals surface area contributed by atoms with Crippen LogP contribution in [0.25, 0.3) is 11.0 Å². The Kier molecular flexibility index (Phi) is 5.09. The summed E-state index contributed by atoms with van der Waals surface area (Å²) in [6, 6.07) is 10.5. The number of nitrogen functional groups attached to an aromatic ring is 1.